The lowest BCUT2D eigenvalue weighted by Crippen LogP contribution is -2.15. The first-order valence-corrected chi connectivity index (χ1v) is 10.8. The molecule has 0 spiro atoms. The first-order chi connectivity index (χ1) is 13.2. The number of anilines is 2. The average Bonchev–Trinajstić information content (AvgIpc) is 2.64. The lowest BCUT2D eigenvalue weighted by Gasteiger charge is -2.11. The molecule has 0 unspecified atom stereocenters. The average molecular weight is 459 g/mol. The molecule has 7 heteroatoms. The predicted molar refractivity (Wildman–Crippen MR) is 115 cm³/mol. The van der Waals surface area contributed by atoms with E-state index in [0.717, 1.165) is 21.3 Å². The Morgan fingerprint density at radius 3 is 2.32 bits per heavy atom. The van der Waals surface area contributed by atoms with Gasteiger partial charge in [0.2, 0.25) is 0 Å². The number of nitrogens with one attached hydrogen (secondary N) is 2. The Morgan fingerprint density at radius 1 is 0.929 bits per heavy atom. The Morgan fingerprint density at radius 2 is 1.64 bits per heavy atom. The molecule has 5 nitrogen and oxygen atoms in total. The maximum Gasteiger partial charge on any atom is 0.261 e. The maximum absolute atomic E-state index is 12.6. The highest BCUT2D eigenvalue weighted by Crippen LogP contribution is 2.21. The van der Waals surface area contributed by atoms with Crippen molar-refractivity contribution in [3.05, 3.63) is 87.9 Å². The summed E-state index contributed by atoms with van der Waals surface area (Å²) in [6.07, 6.45) is 0. The van der Waals surface area contributed by atoms with Crippen molar-refractivity contribution in [2.24, 2.45) is 0 Å². The SMILES string of the molecule is Cc1ccc(NC(=O)c2cccc(NS(=O)(=O)c3ccc(Br)cc3)c2)c(C)c1. The van der Waals surface area contributed by atoms with Gasteiger partial charge in [-0.3, -0.25) is 9.52 Å². The van der Waals surface area contributed by atoms with Crippen molar-refractivity contribution >= 4 is 43.2 Å². The maximum atomic E-state index is 12.6. The van der Waals surface area contributed by atoms with E-state index >= 15 is 0 Å². The minimum Gasteiger partial charge on any atom is -0.322 e. The van der Waals surface area contributed by atoms with Crippen LogP contribution in [0.5, 0.6) is 0 Å². The molecular weight excluding hydrogens is 440 g/mol. The highest BCUT2D eigenvalue weighted by atomic mass is 79.9. The summed E-state index contributed by atoms with van der Waals surface area (Å²) in [6.45, 7) is 3.91. The molecule has 1 amide bonds. The Kier molecular flexibility index (Phi) is 5.86. The van der Waals surface area contributed by atoms with E-state index in [1.165, 1.54) is 18.2 Å². The minimum atomic E-state index is -3.75. The van der Waals surface area contributed by atoms with Crippen LogP contribution in [-0.4, -0.2) is 14.3 Å². The molecule has 0 bridgehead atoms. The lowest BCUT2D eigenvalue weighted by molar-refractivity contribution is 0.102. The number of benzene rings is 3. The van der Waals surface area contributed by atoms with Crippen LogP contribution < -0.4 is 10.0 Å². The highest BCUT2D eigenvalue weighted by molar-refractivity contribution is 9.10. The van der Waals surface area contributed by atoms with Gasteiger partial charge in [0.1, 0.15) is 0 Å². The summed E-state index contributed by atoms with van der Waals surface area (Å²) in [4.78, 5) is 12.7. The second-order valence-electron chi connectivity index (χ2n) is 6.41. The van der Waals surface area contributed by atoms with Gasteiger partial charge in [-0.15, -0.1) is 0 Å². The standard InChI is InChI=1S/C21H19BrN2O3S/c1-14-6-11-20(15(2)12-14)23-21(25)16-4-3-5-18(13-16)24-28(26,27)19-9-7-17(22)8-10-19/h3-13,24H,1-2H3,(H,23,25). The fourth-order valence-electron chi connectivity index (χ4n) is 2.70. The van der Waals surface area contributed by atoms with Gasteiger partial charge in [-0.25, -0.2) is 8.42 Å². The lowest BCUT2D eigenvalue weighted by atomic mass is 10.1. The van der Waals surface area contributed by atoms with Crippen molar-refractivity contribution < 1.29 is 13.2 Å². The zero-order valence-corrected chi connectivity index (χ0v) is 17.8. The molecule has 28 heavy (non-hydrogen) atoms. The number of sulfonamides is 1. The molecule has 0 atom stereocenters. The van der Waals surface area contributed by atoms with E-state index in [2.05, 4.69) is 26.0 Å². The van der Waals surface area contributed by atoms with Crippen molar-refractivity contribution in [1.82, 2.24) is 0 Å². The number of hydrogen-bond donors (Lipinski definition) is 2. The third kappa shape index (κ3) is 4.79. The quantitative estimate of drug-likeness (QED) is 0.556. The van der Waals surface area contributed by atoms with E-state index in [9.17, 15) is 13.2 Å². The molecule has 0 aliphatic rings. The van der Waals surface area contributed by atoms with Crippen molar-refractivity contribution in [2.75, 3.05) is 10.0 Å². The molecule has 0 fully saturated rings. The van der Waals surface area contributed by atoms with Crippen molar-refractivity contribution in [3.8, 4) is 0 Å². The Balaban J connectivity index is 1.79. The van der Waals surface area contributed by atoms with Gasteiger partial charge < -0.3 is 5.32 Å². The first kappa shape index (κ1) is 20.1. The summed E-state index contributed by atoms with van der Waals surface area (Å²) < 4.78 is 28.4. The molecule has 2 N–H and O–H groups in total. The summed E-state index contributed by atoms with van der Waals surface area (Å²) in [5.41, 5.74) is 3.46. The second-order valence-corrected chi connectivity index (χ2v) is 9.01. The predicted octanol–water partition coefficient (Wildman–Crippen LogP) is 5.12. The van der Waals surface area contributed by atoms with E-state index in [1.807, 2.05) is 32.0 Å². The van der Waals surface area contributed by atoms with E-state index < -0.39 is 10.0 Å². The third-order valence-corrected chi connectivity index (χ3v) is 6.06. The number of aryl methyl sites for hydroxylation is 2. The summed E-state index contributed by atoms with van der Waals surface area (Å²) >= 11 is 3.28. The van der Waals surface area contributed by atoms with Crippen LogP contribution in [0.3, 0.4) is 0 Å². The third-order valence-electron chi connectivity index (χ3n) is 4.13. The normalized spacial score (nSPS) is 11.1. The van der Waals surface area contributed by atoms with Gasteiger partial charge in [0.25, 0.3) is 15.9 Å². The molecule has 3 aromatic rings. The second kappa shape index (κ2) is 8.16. The van der Waals surface area contributed by atoms with Gasteiger partial charge in [-0.2, -0.15) is 0 Å². The Hall–Kier alpha value is -2.64. The minimum absolute atomic E-state index is 0.140. The molecular formula is C21H19BrN2O3S. The summed E-state index contributed by atoms with van der Waals surface area (Å²) in [5, 5.41) is 2.86. The van der Waals surface area contributed by atoms with Crippen LogP contribution in [0.2, 0.25) is 0 Å². The Labute approximate surface area is 173 Å². The number of amides is 1. The van der Waals surface area contributed by atoms with E-state index in [4.69, 9.17) is 0 Å². The van der Waals surface area contributed by atoms with Gasteiger partial charge >= 0.3 is 0 Å². The van der Waals surface area contributed by atoms with Crippen LogP contribution in [0.1, 0.15) is 21.5 Å². The molecule has 0 saturated carbocycles. The monoisotopic (exact) mass is 458 g/mol. The van der Waals surface area contributed by atoms with Crippen LogP contribution in [0, 0.1) is 13.8 Å². The molecule has 0 aliphatic carbocycles. The zero-order chi connectivity index (χ0) is 20.3. The van der Waals surface area contributed by atoms with Crippen LogP contribution in [0.4, 0.5) is 11.4 Å². The zero-order valence-electron chi connectivity index (χ0n) is 15.4. The van der Waals surface area contributed by atoms with Crippen LogP contribution in [0.15, 0.2) is 76.1 Å². The van der Waals surface area contributed by atoms with E-state index in [1.54, 1.807) is 30.3 Å². The van der Waals surface area contributed by atoms with Gasteiger partial charge in [0, 0.05) is 21.4 Å². The van der Waals surface area contributed by atoms with Crippen LogP contribution >= 0.6 is 15.9 Å². The molecule has 0 aliphatic heterocycles. The number of rotatable bonds is 5. The fourth-order valence-corrected chi connectivity index (χ4v) is 4.01. The Bertz CT molecular complexity index is 1130. The van der Waals surface area contributed by atoms with E-state index in [0.29, 0.717) is 11.3 Å². The molecule has 0 aromatic heterocycles. The fraction of sp³-hybridized carbons (Fsp3) is 0.0952. The molecule has 0 heterocycles. The largest absolute Gasteiger partial charge is 0.322 e. The molecule has 0 radical (unpaired) electrons. The molecule has 3 rings (SSSR count). The number of hydrogen-bond acceptors (Lipinski definition) is 3. The number of carbonyl (C=O) groups is 1. The smallest absolute Gasteiger partial charge is 0.261 e. The highest BCUT2D eigenvalue weighted by Gasteiger charge is 2.15. The van der Waals surface area contributed by atoms with Crippen molar-refractivity contribution in [2.45, 2.75) is 18.7 Å². The first-order valence-electron chi connectivity index (χ1n) is 8.52. The summed E-state index contributed by atoms with van der Waals surface area (Å²) in [5.74, 6) is -0.309. The summed E-state index contributed by atoms with van der Waals surface area (Å²) in [6, 6.07) is 18.5. The van der Waals surface area contributed by atoms with E-state index in [-0.39, 0.29) is 10.8 Å². The topological polar surface area (TPSA) is 75.3 Å². The molecule has 3 aromatic carbocycles. The van der Waals surface area contributed by atoms with Crippen LogP contribution in [0.25, 0.3) is 0 Å². The molecule has 144 valence electrons. The van der Waals surface area contributed by atoms with Gasteiger partial charge in [-0.1, -0.05) is 39.7 Å². The number of halogens is 1. The van der Waals surface area contributed by atoms with Crippen molar-refractivity contribution in [1.29, 1.82) is 0 Å². The van der Waals surface area contributed by atoms with Crippen molar-refractivity contribution in [3.63, 3.8) is 0 Å². The summed E-state index contributed by atoms with van der Waals surface area (Å²) in [7, 11) is -3.75. The van der Waals surface area contributed by atoms with Gasteiger partial charge in [0.05, 0.1) is 4.90 Å². The number of carbonyl (C=O) groups excluding carboxylic acids is 1. The van der Waals surface area contributed by atoms with Gasteiger partial charge in [0.15, 0.2) is 0 Å². The van der Waals surface area contributed by atoms with Crippen LogP contribution in [-0.2, 0) is 10.0 Å². The van der Waals surface area contributed by atoms with Gasteiger partial charge in [-0.05, 0) is 67.9 Å². The molecule has 0 saturated heterocycles.